The van der Waals surface area contributed by atoms with Gasteiger partial charge in [-0.05, 0) is 55.0 Å². The Morgan fingerprint density at radius 3 is 2.37 bits per heavy atom. The average Bonchev–Trinajstić information content (AvgIpc) is 2.35. The van der Waals surface area contributed by atoms with Crippen molar-refractivity contribution in [3.05, 3.63) is 28.2 Å². The third-order valence-electron chi connectivity index (χ3n) is 3.90. The topological polar surface area (TPSA) is 43.8 Å². The van der Waals surface area contributed by atoms with E-state index in [-0.39, 0.29) is 0 Å². The van der Waals surface area contributed by atoms with Crippen molar-refractivity contribution in [3.63, 3.8) is 0 Å². The van der Waals surface area contributed by atoms with Crippen LogP contribution >= 0.6 is 15.9 Å². The molecule has 0 aromatic heterocycles. The summed E-state index contributed by atoms with van der Waals surface area (Å²) in [6.07, 6.45) is 0. The molecule has 1 aliphatic heterocycles. The molecule has 5 heteroatoms. The van der Waals surface area contributed by atoms with Crippen LogP contribution in [0.2, 0.25) is 0 Å². The van der Waals surface area contributed by atoms with Crippen LogP contribution in [-0.4, -0.2) is 48.2 Å². The second-order valence-electron chi connectivity index (χ2n) is 5.24. The molecule has 0 amide bonds. The largest absolute Gasteiger partial charge is 0.478 e. The molecule has 2 atom stereocenters. The van der Waals surface area contributed by atoms with Crippen molar-refractivity contribution in [2.45, 2.75) is 25.9 Å². The maximum absolute atomic E-state index is 10.9. The molecule has 1 fully saturated rings. The van der Waals surface area contributed by atoms with Crippen LogP contribution in [0.25, 0.3) is 0 Å². The molecule has 1 aromatic carbocycles. The van der Waals surface area contributed by atoms with Crippen LogP contribution in [-0.2, 0) is 0 Å². The highest BCUT2D eigenvalue weighted by atomic mass is 79.9. The van der Waals surface area contributed by atoms with Crippen LogP contribution in [0.1, 0.15) is 24.2 Å². The summed E-state index contributed by atoms with van der Waals surface area (Å²) in [6.45, 7) is 6.32. The van der Waals surface area contributed by atoms with Crippen molar-refractivity contribution < 1.29 is 9.90 Å². The van der Waals surface area contributed by atoms with Crippen molar-refractivity contribution in [1.82, 2.24) is 4.90 Å². The monoisotopic (exact) mass is 326 g/mol. The molecule has 0 bridgehead atoms. The summed E-state index contributed by atoms with van der Waals surface area (Å²) in [7, 11) is 2.15. The zero-order valence-corrected chi connectivity index (χ0v) is 13.0. The standard InChI is InChI=1S/C14H19BrN2O2/c1-9-7-17(8-10(2)16(9)3)13-5-4-11(14(18)19)6-12(13)15/h4-6,9-10H,7-8H2,1-3H3,(H,18,19). The SMILES string of the molecule is CC1CN(c2ccc(C(=O)O)cc2Br)CC(C)N1C. The fourth-order valence-electron chi connectivity index (χ4n) is 2.50. The Kier molecular flexibility index (Phi) is 4.16. The van der Waals surface area contributed by atoms with Gasteiger partial charge in [-0.1, -0.05) is 0 Å². The molecule has 0 saturated carbocycles. The number of carboxylic acid groups (broad SMARTS) is 1. The Labute approximate surface area is 122 Å². The van der Waals surface area contributed by atoms with Crippen molar-refractivity contribution in [3.8, 4) is 0 Å². The maximum Gasteiger partial charge on any atom is 0.335 e. The summed E-state index contributed by atoms with van der Waals surface area (Å²) < 4.78 is 0.844. The average molecular weight is 327 g/mol. The summed E-state index contributed by atoms with van der Waals surface area (Å²) in [4.78, 5) is 15.6. The number of likely N-dealkylation sites (N-methyl/N-ethyl adjacent to an activating group) is 1. The van der Waals surface area contributed by atoms with Gasteiger partial charge in [-0.15, -0.1) is 0 Å². The quantitative estimate of drug-likeness (QED) is 0.907. The molecule has 0 aliphatic carbocycles. The molecule has 1 heterocycles. The first-order chi connectivity index (χ1) is 8.90. The molecular formula is C14H19BrN2O2. The van der Waals surface area contributed by atoms with E-state index in [0.29, 0.717) is 17.6 Å². The summed E-state index contributed by atoms with van der Waals surface area (Å²) in [5, 5.41) is 8.99. The van der Waals surface area contributed by atoms with Gasteiger partial charge in [-0.2, -0.15) is 0 Å². The van der Waals surface area contributed by atoms with Gasteiger partial charge >= 0.3 is 5.97 Å². The van der Waals surface area contributed by atoms with Gasteiger partial charge in [0.05, 0.1) is 11.3 Å². The predicted molar refractivity (Wildman–Crippen MR) is 80.0 cm³/mol. The lowest BCUT2D eigenvalue weighted by Crippen LogP contribution is -2.55. The molecule has 19 heavy (non-hydrogen) atoms. The number of anilines is 1. The van der Waals surface area contributed by atoms with Crippen LogP contribution in [0.5, 0.6) is 0 Å². The summed E-state index contributed by atoms with van der Waals surface area (Å²) >= 11 is 3.49. The first-order valence-corrected chi connectivity index (χ1v) is 7.19. The first-order valence-electron chi connectivity index (χ1n) is 6.40. The Morgan fingerprint density at radius 1 is 1.32 bits per heavy atom. The molecule has 1 aromatic rings. The summed E-state index contributed by atoms with van der Waals surface area (Å²) in [5.74, 6) is -0.896. The van der Waals surface area contributed by atoms with E-state index in [1.807, 2.05) is 6.07 Å². The predicted octanol–water partition coefficient (Wildman–Crippen LogP) is 2.68. The number of nitrogens with zero attached hydrogens (tertiary/aromatic N) is 2. The normalized spacial score (nSPS) is 24.5. The number of rotatable bonds is 2. The molecular weight excluding hydrogens is 308 g/mol. The second-order valence-corrected chi connectivity index (χ2v) is 6.09. The zero-order chi connectivity index (χ0) is 14.2. The number of hydrogen-bond donors (Lipinski definition) is 1. The van der Waals surface area contributed by atoms with E-state index in [2.05, 4.69) is 46.6 Å². The third-order valence-corrected chi connectivity index (χ3v) is 4.53. The van der Waals surface area contributed by atoms with Gasteiger partial charge < -0.3 is 10.0 Å². The number of carboxylic acids is 1. The van der Waals surface area contributed by atoms with Crippen LogP contribution < -0.4 is 4.90 Å². The van der Waals surface area contributed by atoms with E-state index in [0.717, 1.165) is 23.2 Å². The Morgan fingerprint density at radius 2 is 1.89 bits per heavy atom. The molecule has 4 nitrogen and oxygen atoms in total. The van der Waals surface area contributed by atoms with Crippen LogP contribution in [0.4, 0.5) is 5.69 Å². The van der Waals surface area contributed by atoms with E-state index in [9.17, 15) is 4.79 Å². The summed E-state index contributed by atoms with van der Waals surface area (Å²) in [6, 6.07) is 6.18. The first kappa shape index (κ1) is 14.3. The maximum atomic E-state index is 10.9. The molecule has 2 rings (SSSR count). The highest BCUT2D eigenvalue weighted by molar-refractivity contribution is 9.10. The summed E-state index contributed by atoms with van der Waals surface area (Å²) in [5.41, 5.74) is 1.38. The van der Waals surface area contributed by atoms with Gasteiger partial charge in [0, 0.05) is 29.6 Å². The Balaban J connectivity index is 2.25. The van der Waals surface area contributed by atoms with Gasteiger partial charge in [0.2, 0.25) is 0 Å². The van der Waals surface area contributed by atoms with E-state index in [1.54, 1.807) is 12.1 Å². The molecule has 104 valence electrons. The molecule has 1 aliphatic rings. The molecule has 0 spiro atoms. The number of aromatic carboxylic acids is 1. The number of hydrogen-bond acceptors (Lipinski definition) is 3. The van der Waals surface area contributed by atoms with Gasteiger partial charge in [0.15, 0.2) is 0 Å². The van der Waals surface area contributed by atoms with Gasteiger partial charge in [0.1, 0.15) is 0 Å². The highest BCUT2D eigenvalue weighted by Crippen LogP contribution is 2.30. The van der Waals surface area contributed by atoms with Crippen LogP contribution in [0.3, 0.4) is 0 Å². The van der Waals surface area contributed by atoms with Gasteiger partial charge in [-0.3, -0.25) is 4.90 Å². The van der Waals surface area contributed by atoms with Crippen LogP contribution in [0, 0.1) is 0 Å². The fraction of sp³-hybridized carbons (Fsp3) is 0.500. The number of halogens is 1. The minimum absolute atomic E-state index is 0.311. The minimum atomic E-state index is -0.896. The lowest BCUT2D eigenvalue weighted by atomic mass is 10.1. The van der Waals surface area contributed by atoms with Crippen molar-refractivity contribution in [2.24, 2.45) is 0 Å². The molecule has 2 unspecified atom stereocenters. The van der Waals surface area contributed by atoms with E-state index >= 15 is 0 Å². The van der Waals surface area contributed by atoms with E-state index in [4.69, 9.17) is 5.11 Å². The van der Waals surface area contributed by atoms with Crippen molar-refractivity contribution in [2.75, 3.05) is 25.0 Å². The van der Waals surface area contributed by atoms with Crippen LogP contribution in [0.15, 0.2) is 22.7 Å². The fourth-order valence-corrected chi connectivity index (χ4v) is 3.13. The van der Waals surface area contributed by atoms with E-state index < -0.39 is 5.97 Å². The van der Waals surface area contributed by atoms with Gasteiger partial charge in [-0.25, -0.2) is 4.79 Å². The zero-order valence-electron chi connectivity index (χ0n) is 11.4. The Hall–Kier alpha value is -1.07. The number of benzene rings is 1. The lowest BCUT2D eigenvalue weighted by Gasteiger charge is -2.43. The minimum Gasteiger partial charge on any atom is -0.478 e. The number of piperazine rings is 1. The molecule has 1 saturated heterocycles. The lowest BCUT2D eigenvalue weighted by molar-refractivity contribution is 0.0697. The van der Waals surface area contributed by atoms with Crippen molar-refractivity contribution >= 4 is 27.6 Å². The van der Waals surface area contributed by atoms with E-state index in [1.165, 1.54) is 0 Å². The molecule has 1 N–H and O–H groups in total. The third kappa shape index (κ3) is 2.92. The smallest absolute Gasteiger partial charge is 0.335 e. The second kappa shape index (κ2) is 5.51. The molecule has 0 radical (unpaired) electrons. The van der Waals surface area contributed by atoms with Gasteiger partial charge in [0.25, 0.3) is 0 Å². The highest BCUT2D eigenvalue weighted by Gasteiger charge is 2.27. The van der Waals surface area contributed by atoms with Crippen molar-refractivity contribution in [1.29, 1.82) is 0 Å². The number of carbonyl (C=O) groups is 1. The Bertz CT molecular complexity index is 480.